The number of hydrogen-bond donors (Lipinski definition) is 2. The number of hydrazone groups is 1. The van der Waals surface area contributed by atoms with Crippen LogP contribution in [0.25, 0.3) is 16.6 Å². The van der Waals surface area contributed by atoms with Crippen molar-refractivity contribution < 1.29 is 24.1 Å². The third kappa shape index (κ3) is 5.67. The highest BCUT2D eigenvalue weighted by atomic mass is 32.2. The number of phenolic OH excluding ortho intramolecular Hbond substituents is 1. The summed E-state index contributed by atoms with van der Waals surface area (Å²) in [5.74, 6) is 0.501. The van der Waals surface area contributed by atoms with E-state index >= 15 is 0 Å². The number of para-hydroxylation sites is 1. The minimum Gasteiger partial charge on any atom is -0.502 e. The molecule has 0 fully saturated rings. The molecule has 4 rings (SSSR count). The maximum absolute atomic E-state index is 13.3. The number of thioether (sulfide) groups is 1. The van der Waals surface area contributed by atoms with E-state index in [-0.39, 0.29) is 28.6 Å². The van der Waals surface area contributed by atoms with Gasteiger partial charge in [-0.2, -0.15) is 5.10 Å². The number of nitrogens with zero attached hydrogens (tertiary/aromatic N) is 3. The number of phenols is 1. The summed E-state index contributed by atoms with van der Waals surface area (Å²) in [6.45, 7) is 0. The molecule has 11 heteroatoms. The zero-order chi connectivity index (χ0) is 26.4. The number of aromatic hydroxyl groups is 1. The lowest BCUT2D eigenvalue weighted by Crippen LogP contribution is -2.24. The van der Waals surface area contributed by atoms with Crippen molar-refractivity contribution in [2.45, 2.75) is 5.16 Å². The smallest absolute Gasteiger partial charge is 0.266 e. The molecule has 0 aliphatic carbocycles. The number of carbonyl (C=O) groups excluding carboxylic acids is 1. The minimum absolute atomic E-state index is 0.0412. The van der Waals surface area contributed by atoms with Crippen LogP contribution in [0.15, 0.2) is 75.7 Å². The molecule has 37 heavy (non-hydrogen) atoms. The first-order valence-electron chi connectivity index (χ1n) is 11.0. The summed E-state index contributed by atoms with van der Waals surface area (Å²) in [5, 5.41) is 14.8. The van der Waals surface area contributed by atoms with Gasteiger partial charge in [0.25, 0.3) is 11.5 Å². The molecule has 10 nitrogen and oxygen atoms in total. The molecule has 1 heterocycles. The number of hydrogen-bond acceptors (Lipinski definition) is 9. The molecule has 1 amide bonds. The zero-order valence-corrected chi connectivity index (χ0v) is 21.1. The summed E-state index contributed by atoms with van der Waals surface area (Å²) in [4.78, 5) is 30.5. The van der Waals surface area contributed by atoms with Gasteiger partial charge in [0.2, 0.25) is 5.75 Å². The first-order valence-corrected chi connectivity index (χ1v) is 12.0. The van der Waals surface area contributed by atoms with Crippen LogP contribution in [0.2, 0.25) is 0 Å². The second-order valence-electron chi connectivity index (χ2n) is 7.61. The predicted octanol–water partition coefficient (Wildman–Crippen LogP) is 3.36. The van der Waals surface area contributed by atoms with E-state index in [2.05, 4.69) is 15.5 Å². The van der Waals surface area contributed by atoms with Crippen LogP contribution in [0.3, 0.4) is 0 Å². The van der Waals surface area contributed by atoms with Gasteiger partial charge in [-0.3, -0.25) is 14.2 Å². The van der Waals surface area contributed by atoms with E-state index in [1.54, 1.807) is 67.8 Å². The Bertz CT molecular complexity index is 1490. The molecule has 0 aliphatic heterocycles. The predicted molar refractivity (Wildman–Crippen MR) is 142 cm³/mol. The Morgan fingerprint density at radius 1 is 1.05 bits per heavy atom. The Morgan fingerprint density at radius 2 is 1.73 bits per heavy atom. The average Bonchev–Trinajstić information content (AvgIpc) is 2.92. The van der Waals surface area contributed by atoms with Gasteiger partial charge in [-0.25, -0.2) is 10.4 Å². The molecule has 0 atom stereocenters. The Labute approximate surface area is 216 Å². The van der Waals surface area contributed by atoms with Crippen LogP contribution in [-0.2, 0) is 4.79 Å². The number of amides is 1. The quantitative estimate of drug-likeness (QED) is 0.149. The van der Waals surface area contributed by atoms with Gasteiger partial charge in [0.15, 0.2) is 16.7 Å². The zero-order valence-electron chi connectivity index (χ0n) is 20.3. The SMILES string of the molecule is COc1ccc(-n2c(SCC(=O)N/N=C\c3cc(OC)c(O)c(OC)c3)nc3ccccc3c2=O)cc1. The molecule has 0 spiro atoms. The fourth-order valence-electron chi connectivity index (χ4n) is 3.50. The van der Waals surface area contributed by atoms with Crippen molar-refractivity contribution in [3.05, 3.63) is 76.6 Å². The fourth-order valence-corrected chi connectivity index (χ4v) is 4.30. The first-order chi connectivity index (χ1) is 17.9. The Morgan fingerprint density at radius 3 is 2.38 bits per heavy atom. The van der Waals surface area contributed by atoms with Gasteiger partial charge in [-0.05, 0) is 48.5 Å². The summed E-state index contributed by atoms with van der Waals surface area (Å²) in [7, 11) is 4.40. The molecular formula is C26H24N4O6S. The van der Waals surface area contributed by atoms with Crippen molar-refractivity contribution in [1.82, 2.24) is 15.0 Å². The number of fused-ring (bicyclic) bond motifs is 1. The highest BCUT2D eigenvalue weighted by molar-refractivity contribution is 7.99. The van der Waals surface area contributed by atoms with Crippen molar-refractivity contribution in [3.8, 4) is 28.7 Å². The van der Waals surface area contributed by atoms with E-state index in [1.807, 2.05) is 0 Å². The summed E-state index contributed by atoms with van der Waals surface area (Å²) in [6, 6.07) is 17.2. The Hall–Kier alpha value is -4.51. The second-order valence-corrected chi connectivity index (χ2v) is 8.55. The van der Waals surface area contributed by atoms with Crippen LogP contribution < -0.4 is 25.2 Å². The number of nitrogens with one attached hydrogen (secondary N) is 1. The molecule has 0 radical (unpaired) electrons. The van der Waals surface area contributed by atoms with Crippen molar-refractivity contribution >= 4 is 34.8 Å². The van der Waals surface area contributed by atoms with E-state index < -0.39 is 5.91 Å². The van der Waals surface area contributed by atoms with Gasteiger partial charge in [-0.15, -0.1) is 0 Å². The van der Waals surface area contributed by atoms with E-state index in [0.717, 1.165) is 11.8 Å². The van der Waals surface area contributed by atoms with E-state index in [0.29, 0.717) is 33.1 Å². The molecule has 0 unspecified atom stereocenters. The standard InChI is InChI=1S/C26H24N4O6S/c1-34-18-10-8-17(9-11-18)30-25(33)19-6-4-5-7-20(19)28-26(30)37-15-23(31)29-27-14-16-12-21(35-2)24(32)22(13-16)36-3/h4-14,32H,15H2,1-3H3,(H,29,31)/b27-14-. The maximum Gasteiger partial charge on any atom is 0.266 e. The van der Waals surface area contributed by atoms with Gasteiger partial charge in [0.05, 0.1) is 49.9 Å². The van der Waals surface area contributed by atoms with Crippen molar-refractivity contribution in [2.75, 3.05) is 27.1 Å². The number of ether oxygens (including phenoxy) is 3. The Kier molecular flexibility index (Phi) is 7.94. The minimum atomic E-state index is -0.400. The molecule has 190 valence electrons. The molecule has 2 N–H and O–H groups in total. The van der Waals surface area contributed by atoms with E-state index in [9.17, 15) is 14.7 Å². The van der Waals surface area contributed by atoms with Gasteiger partial charge >= 0.3 is 0 Å². The van der Waals surface area contributed by atoms with Gasteiger partial charge in [-0.1, -0.05) is 23.9 Å². The van der Waals surface area contributed by atoms with Gasteiger partial charge in [0, 0.05) is 5.56 Å². The van der Waals surface area contributed by atoms with Crippen LogP contribution in [0.4, 0.5) is 0 Å². The molecule has 1 aromatic heterocycles. The van der Waals surface area contributed by atoms with Crippen LogP contribution in [0.5, 0.6) is 23.0 Å². The third-order valence-corrected chi connectivity index (χ3v) is 6.25. The molecule has 0 bridgehead atoms. The van der Waals surface area contributed by atoms with Crippen LogP contribution in [-0.4, -0.2) is 53.9 Å². The van der Waals surface area contributed by atoms with Crippen LogP contribution in [0, 0.1) is 0 Å². The lowest BCUT2D eigenvalue weighted by Gasteiger charge is -2.13. The molecule has 0 saturated carbocycles. The molecule has 4 aromatic rings. The van der Waals surface area contributed by atoms with Gasteiger partial charge < -0.3 is 19.3 Å². The highest BCUT2D eigenvalue weighted by Crippen LogP contribution is 2.36. The molecule has 3 aromatic carbocycles. The summed E-state index contributed by atoms with van der Waals surface area (Å²) < 4.78 is 16.9. The first kappa shape index (κ1) is 25.6. The normalized spacial score (nSPS) is 11.0. The van der Waals surface area contributed by atoms with Crippen molar-refractivity contribution in [1.29, 1.82) is 0 Å². The van der Waals surface area contributed by atoms with E-state index in [1.165, 1.54) is 25.0 Å². The van der Waals surface area contributed by atoms with Gasteiger partial charge in [0.1, 0.15) is 5.75 Å². The number of rotatable bonds is 9. The maximum atomic E-state index is 13.3. The van der Waals surface area contributed by atoms with Crippen molar-refractivity contribution in [2.24, 2.45) is 5.10 Å². The monoisotopic (exact) mass is 520 g/mol. The fraction of sp³-hybridized carbons (Fsp3) is 0.154. The van der Waals surface area contributed by atoms with E-state index in [4.69, 9.17) is 14.2 Å². The number of benzene rings is 3. The number of aromatic nitrogens is 2. The lowest BCUT2D eigenvalue weighted by atomic mass is 10.2. The molecule has 0 aliphatic rings. The summed E-state index contributed by atoms with van der Waals surface area (Å²) in [6.07, 6.45) is 1.40. The van der Waals surface area contributed by atoms with Crippen LogP contribution >= 0.6 is 11.8 Å². The topological polar surface area (TPSA) is 124 Å². The molecular weight excluding hydrogens is 496 g/mol. The number of carbonyl (C=O) groups is 1. The lowest BCUT2D eigenvalue weighted by molar-refractivity contribution is -0.118. The Balaban J connectivity index is 1.54. The summed E-state index contributed by atoms with van der Waals surface area (Å²) in [5.41, 5.74) is 3.89. The third-order valence-electron chi connectivity index (χ3n) is 5.31. The largest absolute Gasteiger partial charge is 0.502 e. The highest BCUT2D eigenvalue weighted by Gasteiger charge is 2.15. The second kappa shape index (κ2) is 11.5. The summed E-state index contributed by atoms with van der Waals surface area (Å²) >= 11 is 1.11. The number of methoxy groups -OCH3 is 3. The average molecular weight is 521 g/mol. The van der Waals surface area contributed by atoms with Crippen LogP contribution in [0.1, 0.15) is 5.56 Å². The van der Waals surface area contributed by atoms with Crippen molar-refractivity contribution in [3.63, 3.8) is 0 Å². The molecule has 0 saturated heterocycles.